The molecule has 2 aliphatic rings. The third kappa shape index (κ3) is 2.63. The first-order chi connectivity index (χ1) is 9.28. The van der Waals surface area contributed by atoms with Crippen molar-refractivity contribution in [2.24, 2.45) is 5.92 Å². The quantitative estimate of drug-likeness (QED) is 0.908. The van der Waals surface area contributed by atoms with E-state index in [4.69, 9.17) is 4.74 Å². The number of benzene rings is 1. The molecule has 3 rings (SSSR count). The zero-order valence-electron chi connectivity index (χ0n) is 11.6. The molecule has 1 aromatic rings. The molecule has 1 aliphatic carbocycles. The van der Waals surface area contributed by atoms with Gasteiger partial charge in [-0.25, -0.2) is 0 Å². The van der Waals surface area contributed by atoms with Gasteiger partial charge in [0.15, 0.2) is 0 Å². The van der Waals surface area contributed by atoms with Gasteiger partial charge < -0.3 is 9.84 Å². The van der Waals surface area contributed by atoms with Crippen molar-refractivity contribution in [2.45, 2.75) is 31.7 Å². The van der Waals surface area contributed by atoms with Gasteiger partial charge in [0.1, 0.15) is 5.75 Å². The fourth-order valence-corrected chi connectivity index (χ4v) is 3.63. The van der Waals surface area contributed by atoms with E-state index in [2.05, 4.69) is 11.0 Å². The number of hydrogen-bond donors (Lipinski definition) is 1. The first-order valence-electron chi connectivity index (χ1n) is 7.32. The predicted molar refractivity (Wildman–Crippen MR) is 75.3 cm³/mol. The van der Waals surface area contributed by atoms with Crippen molar-refractivity contribution in [3.63, 3.8) is 0 Å². The molecule has 0 radical (unpaired) electrons. The molecule has 0 bridgehead atoms. The number of ether oxygens (including phenoxy) is 1. The van der Waals surface area contributed by atoms with Crippen LogP contribution in [0, 0.1) is 5.92 Å². The minimum atomic E-state index is 0.401. The number of phenolic OH excluding ortho intramolecular Hbond substituents is 1. The van der Waals surface area contributed by atoms with Gasteiger partial charge in [0.2, 0.25) is 0 Å². The number of aromatic hydroxyl groups is 1. The molecule has 19 heavy (non-hydrogen) atoms. The number of hydrogen-bond acceptors (Lipinski definition) is 3. The second-order valence-electron chi connectivity index (χ2n) is 5.87. The summed E-state index contributed by atoms with van der Waals surface area (Å²) in [6, 6.07) is 6.45. The van der Waals surface area contributed by atoms with Crippen LogP contribution in [0.5, 0.6) is 5.75 Å². The Morgan fingerprint density at radius 3 is 2.79 bits per heavy atom. The number of phenols is 1. The van der Waals surface area contributed by atoms with Crippen LogP contribution < -0.4 is 0 Å². The highest BCUT2D eigenvalue weighted by Gasteiger charge is 2.30. The van der Waals surface area contributed by atoms with Crippen molar-refractivity contribution < 1.29 is 9.84 Å². The topological polar surface area (TPSA) is 32.7 Å². The van der Waals surface area contributed by atoms with Crippen molar-refractivity contribution >= 4 is 0 Å². The number of piperidine rings is 1. The van der Waals surface area contributed by atoms with E-state index in [1.165, 1.54) is 43.5 Å². The normalized spacial score (nSPS) is 24.6. The van der Waals surface area contributed by atoms with Crippen LogP contribution in [-0.2, 0) is 11.2 Å². The molecule has 1 saturated heterocycles. The second kappa shape index (κ2) is 5.51. The number of methoxy groups -OCH3 is 1. The molecule has 1 unspecified atom stereocenters. The van der Waals surface area contributed by atoms with Gasteiger partial charge in [-0.15, -0.1) is 0 Å². The Labute approximate surface area is 115 Å². The van der Waals surface area contributed by atoms with E-state index in [0.717, 1.165) is 18.9 Å². The minimum absolute atomic E-state index is 0.401. The lowest BCUT2D eigenvalue weighted by molar-refractivity contribution is 0.0795. The first kappa shape index (κ1) is 12.9. The zero-order valence-corrected chi connectivity index (χ0v) is 11.6. The number of nitrogens with zero attached hydrogens (tertiary/aromatic N) is 1. The summed E-state index contributed by atoms with van der Waals surface area (Å²) >= 11 is 0. The number of fused-ring (bicyclic) bond motifs is 1. The summed E-state index contributed by atoms with van der Waals surface area (Å²) in [5.41, 5.74) is 2.77. The fourth-order valence-electron chi connectivity index (χ4n) is 3.63. The summed E-state index contributed by atoms with van der Waals surface area (Å²) in [4.78, 5) is 2.62. The van der Waals surface area contributed by atoms with E-state index < -0.39 is 0 Å². The van der Waals surface area contributed by atoms with Crippen LogP contribution >= 0.6 is 0 Å². The van der Waals surface area contributed by atoms with Gasteiger partial charge in [-0.3, -0.25) is 4.90 Å². The summed E-state index contributed by atoms with van der Waals surface area (Å²) in [7, 11) is 1.80. The Hall–Kier alpha value is -1.06. The highest BCUT2D eigenvalue weighted by atomic mass is 16.5. The van der Waals surface area contributed by atoms with Crippen LogP contribution in [-0.4, -0.2) is 36.8 Å². The van der Waals surface area contributed by atoms with E-state index in [-0.39, 0.29) is 0 Å². The van der Waals surface area contributed by atoms with Crippen LogP contribution in [0.1, 0.15) is 36.4 Å². The molecular weight excluding hydrogens is 238 g/mol. The standard InChI is InChI=1S/C16H23NO2/c1-19-11-12-6-8-17(9-7-12)16-5-2-13-10-14(18)3-4-15(13)16/h3-4,10,12,16,18H,2,5-9,11H2,1H3. The van der Waals surface area contributed by atoms with Gasteiger partial charge in [-0.2, -0.15) is 0 Å². The Bertz CT molecular complexity index is 438. The Morgan fingerprint density at radius 1 is 1.26 bits per heavy atom. The lowest BCUT2D eigenvalue weighted by Gasteiger charge is -2.36. The van der Waals surface area contributed by atoms with Crippen molar-refractivity contribution in [1.29, 1.82) is 0 Å². The number of aryl methyl sites for hydroxylation is 1. The van der Waals surface area contributed by atoms with E-state index in [9.17, 15) is 5.11 Å². The molecule has 3 nitrogen and oxygen atoms in total. The molecular formula is C16H23NO2. The Morgan fingerprint density at radius 2 is 2.05 bits per heavy atom. The molecule has 1 N–H and O–H groups in total. The molecule has 3 heteroatoms. The summed E-state index contributed by atoms with van der Waals surface area (Å²) < 4.78 is 5.27. The van der Waals surface area contributed by atoms with Crippen molar-refractivity contribution in [1.82, 2.24) is 4.90 Å². The van der Waals surface area contributed by atoms with Crippen LogP contribution in [0.15, 0.2) is 18.2 Å². The Balaban J connectivity index is 1.66. The van der Waals surface area contributed by atoms with Gasteiger partial charge in [-0.05, 0) is 68.0 Å². The lowest BCUT2D eigenvalue weighted by Crippen LogP contribution is -2.37. The second-order valence-corrected chi connectivity index (χ2v) is 5.87. The van der Waals surface area contributed by atoms with Crippen LogP contribution in [0.25, 0.3) is 0 Å². The third-order valence-electron chi connectivity index (χ3n) is 4.66. The first-order valence-corrected chi connectivity index (χ1v) is 7.32. The summed E-state index contributed by atoms with van der Waals surface area (Å²) in [5.74, 6) is 1.14. The highest BCUT2D eigenvalue weighted by molar-refractivity contribution is 5.40. The molecule has 0 saturated carbocycles. The average Bonchev–Trinajstić information content (AvgIpc) is 2.83. The molecule has 1 aromatic carbocycles. The maximum Gasteiger partial charge on any atom is 0.115 e. The Kier molecular flexibility index (Phi) is 3.76. The fraction of sp³-hybridized carbons (Fsp3) is 0.625. The van der Waals surface area contributed by atoms with Gasteiger partial charge in [0, 0.05) is 19.8 Å². The van der Waals surface area contributed by atoms with Crippen molar-refractivity contribution in [2.75, 3.05) is 26.8 Å². The third-order valence-corrected chi connectivity index (χ3v) is 4.66. The van der Waals surface area contributed by atoms with E-state index >= 15 is 0 Å². The smallest absolute Gasteiger partial charge is 0.115 e. The predicted octanol–water partition coefficient (Wildman–Crippen LogP) is 2.74. The van der Waals surface area contributed by atoms with E-state index in [0.29, 0.717) is 11.8 Å². The molecule has 1 fully saturated rings. The molecule has 104 valence electrons. The molecule has 0 amide bonds. The zero-order chi connectivity index (χ0) is 13.2. The van der Waals surface area contributed by atoms with Gasteiger partial charge >= 0.3 is 0 Å². The van der Waals surface area contributed by atoms with Crippen LogP contribution in [0.4, 0.5) is 0 Å². The summed E-state index contributed by atoms with van der Waals surface area (Å²) in [6.45, 7) is 3.26. The van der Waals surface area contributed by atoms with Crippen molar-refractivity contribution in [3.05, 3.63) is 29.3 Å². The SMILES string of the molecule is COCC1CCN(C2CCc3cc(O)ccc32)CC1. The van der Waals surface area contributed by atoms with Crippen molar-refractivity contribution in [3.8, 4) is 5.75 Å². The highest BCUT2D eigenvalue weighted by Crippen LogP contribution is 2.38. The van der Waals surface area contributed by atoms with E-state index in [1.54, 1.807) is 7.11 Å². The summed E-state index contributed by atoms with van der Waals surface area (Å²) in [5, 5.41) is 9.56. The largest absolute Gasteiger partial charge is 0.508 e. The molecule has 1 atom stereocenters. The molecule has 0 spiro atoms. The van der Waals surface area contributed by atoms with Gasteiger partial charge in [-0.1, -0.05) is 6.07 Å². The molecule has 0 aromatic heterocycles. The maximum absolute atomic E-state index is 9.56. The average molecular weight is 261 g/mol. The van der Waals surface area contributed by atoms with Crippen LogP contribution in [0.2, 0.25) is 0 Å². The monoisotopic (exact) mass is 261 g/mol. The minimum Gasteiger partial charge on any atom is -0.508 e. The molecule has 1 aliphatic heterocycles. The number of rotatable bonds is 3. The molecule has 1 heterocycles. The van der Waals surface area contributed by atoms with E-state index in [1.807, 2.05) is 12.1 Å². The van der Waals surface area contributed by atoms with Gasteiger partial charge in [0.25, 0.3) is 0 Å². The summed E-state index contributed by atoms with van der Waals surface area (Å²) in [6.07, 6.45) is 4.80. The van der Waals surface area contributed by atoms with Gasteiger partial charge in [0.05, 0.1) is 0 Å². The van der Waals surface area contributed by atoms with Crippen LogP contribution in [0.3, 0.4) is 0 Å². The maximum atomic E-state index is 9.56. The number of likely N-dealkylation sites (tertiary alicyclic amines) is 1. The lowest BCUT2D eigenvalue weighted by atomic mass is 9.95.